The SMILES string of the molecule is N#Cc1ccc(-n2c3ccccc3c3c(-c4ccc5c6ccccc6n(-c6ccccc6)c5c4)cccc32)c(C#N)c1. The van der Waals surface area contributed by atoms with Crippen molar-refractivity contribution in [2.75, 3.05) is 0 Å². The van der Waals surface area contributed by atoms with Crippen molar-refractivity contribution in [3.8, 4) is 34.6 Å². The molecule has 4 heteroatoms. The van der Waals surface area contributed by atoms with Gasteiger partial charge in [0.2, 0.25) is 0 Å². The second kappa shape index (κ2) is 9.24. The first-order valence-corrected chi connectivity index (χ1v) is 13.8. The maximum atomic E-state index is 10.0. The highest BCUT2D eigenvalue weighted by molar-refractivity contribution is 6.17. The molecule has 0 aliphatic carbocycles. The lowest BCUT2D eigenvalue weighted by molar-refractivity contribution is 1.16. The molecule has 0 spiro atoms. The van der Waals surface area contributed by atoms with Crippen LogP contribution in [0.3, 0.4) is 0 Å². The largest absolute Gasteiger partial charge is 0.309 e. The Morgan fingerprint density at radius 3 is 1.95 bits per heavy atom. The Morgan fingerprint density at radius 1 is 0.476 bits per heavy atom. The van der Waals surface area contributed by atoms with Gasteiger partial charge in [-0.25, -0.2) is 0 Å². The van der Waals surface area contributed by atoms with E-state index in [1.165, 1.54) is 16.3 Å². The van der Waals surface area contributed by atoms with Gasteiger partial charge in [-0.05, 0) is 65.7 Å². The van der Waals surface area contributed by atoms with Crippen molar-refractivity contribution < 1.29 is 0 Å². The van der Waals surface area contributed by atoms with Gasteiger partial charge in [-0.15, -0.1) is 0 Å². The van der Waals surface area contributed by atoms with Crippen LogP contribution in [0.2, 0.25) is 0 Å². The van der Waals surface area contributed by atoms with Crippen molar-refractivity contribution in [2.24, 2.45) is 0 Å². The molecule has 2 heterocycles. The summed E-state index contributed by atoms with van der Waals surface area (Å²) < 4.78 is 4.49. The Hall–Kier alpha value is -6.10. The molecule has 0 saturated carbocycles. The van der Waals surface area contributed by atoms with Crippen molar-refractivity contribution in [1.82, 2.24) is 9.13 Å². The van der Waals surface area contributed by atoms with Crippen LogP contribution in [0.15, 0.2) is 133 Å². The fraction of sp³-hybridized carbons (Fsp3) is 0. The summed E-state index contributed by atoms with van der Waals surface area (Å²) in [5.41, 5.74) is 9.43. The van der Waals surface area contributed by atoms with Gasteiger partial charge in [-0.1, -0.05) is 78.9 Å². The highest BCUT2D eigenvalue weighted by Crippen LogP contribution is 2.41. The molecule has 194 valence electrons. The Morgan fingerprint density at radius 2 is 1.17 bits per heavy atom. The Kier molecular flexibility index (Phi) is 5.22. The second-order valence-corrected chi connectivity index (χ2v) is 10.4. The summed E-state index contributed by atoms with van der Waals surface area (Å²) in [5, 5.41) is 24.1. The van der Waals surface area contributed by atoms with Gasteiger partial charge in [0.1, 0.15) is 6.07 Å². The van der Waals surface area contributed by atoms with Gasteiger partial charge < -0.3 is 9.13 Å². The van der Waals surface area contributed by atoms with Crippen molar-refractivity contribution in [3.63, 3.8) is 0 Å². The molecule has 0 bridgehead atoms. The lowest BCUT2D eigenvalue weighted by Crippen LogP contribution is -1.98. The van der Waals surface area contributed by atoms with Crippen molar-refractivity contribution in [1.29, 1.82) is 10.5 Å². The monoisotopic (exact) mass is 534 g/mol. The van der Waals surface area contributed by atoms with Crippen LogP contribution < -0.4 is 0 Å². The predicted molar refractivity (Wildman–Crippen MR) is 170 cm³/mol. The Bertz CT molecular complexity index is 2430. The fourth-order valence-corrected chi connectivity index (χ4v) is 6.40. The van der Waals surface area contributed by atoms with Gasteiger partial charge in [0.15, 0.2) is 0 Å². The minimum Gasteiger partial charge on any atom is -0.309 e. The molecule has 2 aromatic heterocycles. The van der Waals surface area contributed by atoms with Crippen LogP contribution in [-0.4, -0.2) is 9.13 Å². The zero-order valence-corrected chi connectivity index (χ0v) is 22.5. The molecule has 0 N–H and O–H groups in total. The first kappa shape index (κ1) is 23.8. The molecule has 0 aliphatic rings. The van der Waals surface area contributed by atoms with E-state index in [1.807, 2.05) is 18.2 Å². The zero-order valence-electron chi connectivity index (χ0n) is 22.5. The van der Waals surface area contributed by atoms with Gasteiger partial charge >= 0.3 is 0 Å². The summed E-state index contributed by atoms with van der Waals surface area (Å²) in [6.07, 6.45) is 0. The van der Waals surface area contributed by atoms with Gasteiger partial charge in [0, 0.05) is 27.2 Å². The van der Waals surface area contributed by atoms with E-state index in [-0.39, 0.29) is 0 Å². The van der Waals surface area contributed by atoms with E-state index in [1.54, 1.807) is 12.1 Å². The summed E-state index contributed by atoms with van der Waals surface area (Å²) >= 11 is 0. The average molecular weight is 535 g/mol. The van der Waals surface area contributed by atoms with Crippen molar-refractivity contribution >= 4 is 43.6 Å². The van der Waals surface area contributed by atoms with Gasteiger partial charge in [-0.2, -0.15) is 10.5 Å². The molecule has 0 atom stereocenters. The summed E-state index contributed by atoms with van der Waals surface area (Å²) in [6, 6.07) is 50.3. The third-order valence-corrected chi connectivity index (χ3v) is 8.18. The number of hydrogen-bond acceptors (Lipinski definition) is 2. The number of nitrogens with zero attached hydrogens (tertiary/aromatic N) is 4. The summed E-state index contributed by atoms with van der Waals surface area (Å²) in [6.45, 7) is 0. The average Bonchev–Trinajstić information content (AvgIpc) is 3.57. The summed E-state index contributed by atoms with van der Waals surface area (Å²) in [7, 11) is 0. The van der Waals surface area contributed by atoms with Crippen LogP contribution in [-0.2, 0) is 0 Å². The molecule has 0 fully saturated rings. The summed E-state index contributed by atoms with van der Waals surface area (Å²) in [4.78, 5) is 0. The Balaban J connectivity index is 1.45. The predicted octanol–water partition coefficient (Wildman–Crippen LogP) is 9.29. The minimum absolute atomic E-state index is 0.468. The molecular formula is C38H22N4. The number of rotatable bonds is 3. The first-order chi connectivity index (χ1) is 20.8. The summed E-state index contributed by atoms with van der Waals surface area (Å²) in [5.74, 6) is 0. The third kappa shape index (κ3) is 3.40. The van der Waals surface area contributed by atoms with E-state index in [2.05, 4.69) is 124 Å². The molecule has 0 saturated heterocycles. The number of para-hydroxylation sites is 3. The van der Waals surface area contributed by atoms with Crippen LogP contribution in [0.25, 0.3) is 66.1 Å². The van der Waals surface area contributed by atoms with E-state index in [0.29, 0.717) is 11.1 Å². The van der Waals surface area contributed by atoms with E-state index in [9.17, 15) is 10.5 Å². The molecule has 0 radical (unpaired) electrons. The van der Waals surface area contributed by atoms with Crippen LogP contribution in [0.4, 0.5) is 0 Å². The first-order valence-electron chi connectivity index (χ1n) is 13.8. The maximum Gasteiger partial charge on any atom is 0.101 e. The fourth-order valence-electron chi connectivity index (χ4n) is 6.40. The van der Waals surface area contributed by atoms with E-state index < -0.39 is 0 Å². The topological polar surface area (TPSA) is 57.4 Å². The minimum atomic E-state index is 0.468. The van der Waals surface area contributed by atoms with Crippen LogP contribution >= 0.6 is 0 Å². The van der Waals surface area contributed by atoms with Crippen LogP contribution in [0.1, 0.15) is 11.1 Å². The zero-order chi connectivity index (χ0) is 28.2. The van der Waals surface area contributed by atoms with Crippen LogP contribution in [0.5, 0.6) is 0 Å². The third-order valence-electron chi connectivity index (χ3n) is 8.18. The molecule has 8 rings (SSSR count). The number of benzene rings is 6. The number of fused-ring (bicyclic) bond motifs is 6. The highest BCUT2D eigenvalue weighted by atomic mass is 15.0. The molecule has 0 aliphatic heterocycles. The molecular weight excluding hydrogens is 512 g/mol. The number of hydrogen-bond donors (Lipinski definition) is 0. The maximum absolute atomic E-state index is 10.0. The van der Waals surface area contributed by atoms with Crippen molar-refractivity contribution in [3.05, 3.63) is 145 Å². The molecule has 42 heavy (non-hydrogen) atoms. The van der Waals surface area contributed by atoms with Gasteiger partial charge in [0.25, 0.3) is 0 Å². The number of aromatic nitrogens is 2. The molecule has 4 nitrogen and oxygen atoms in total. The standard InChI is InChI=1S/C38H22N4/c39-23-25-17-20-33(27(21-25)24-40)42-35-15-7-5-12-32(35)38-29(13-8-16-36(38)42)26-18-19-31-30-11-4-6-14-34(30)41(37(31)22-26)28-9-2-1-3-10-28/h1-22H. The lowest BCUT2D eigenvalue weighted by atomic mass is 9.98. The van der Waals surface area contributed by atoms with Gasteiger partial charge in [0.05, 0.1) is 45.0 Å². The second-order valence-electron chi connectivity index (χ2n) is 10.4. The quantitative estimate of drug-likeness (QED) is 0.227. The lowest BCUT2D eigenvalue weighted by Gasteiger charge is -2.11. The van der Waals surface area contributed by atoms with E-state index in [4.69, 9.17) is 0 Å². The molecule has 0 amide bonds. The molecule has 6 aromatic carbocycles. The van der Waals surface area contributed by atoms with E-state index in [0.717, 1.165) is 49.8 Å². The highest BCUT2D eigenvalue weighted by Gasteiger charge is 2.19. The number of nitriles is 2. The molecule has 8 aromatic rings. The van der Waals surface area contributed by atoms with Crippen molar-refractivity contribution in [2.45, 2.75) is 0 Å². The van der Waals surface area contributed by atoms with Crippen LogP contribution in [0, 0.1) is 22.7 Å². The smallest absolute Gasteiger partial charge is 0.101 e. The van der Waals surface area contributed by atoms with E-state index >= 15 is 0 Å². The van der Waals surface area contributed by atoms with Gasteiger partial charge in [-0.3, -0.25) is 0 Å². The normalized spacial score (nSPS) is 11.3. The molecule has 0 unspecified atom stereocenters. The Labute approximate surface area is 242 Å².